The van der Waals surface area contributed by atoms with Crippen LogP contribution in [0.4, 0.5) is 0 Å². The van der Waals surface area contributed by atoms with E-state index < -0.39 is 28.4 Å². The maximum absolute atomic E-state index is 11.7. The van der Waals surface area contributed by atoms with Gasteiger partial charge in [0.15, 0.2) is 0 Å². The molecule has 1 heterocycles. The van der Waals surface area contributed by atoms with Gasteiger partial charge in [0.2, 0.25) is 16.9 Å². The Morgan fingerprint density at radius 3 is 2.89 bits per heavy atom. The lowest BCUT2D eigenvalue weighted by Gasteiger charge is -2.24. The molecule has 1 aromatic rings. The number of nitrogens with two attached hydrogens (primary N) is 1. The Labute approximate surface area is 105 Å². The molecule has 0 saturated carbocycles. The predicted octanol–water partition coefficient (Wildman–Crippen LogP) is 0.593. The molecule has 6 heteroatoms. The van der Waals surface area contributed by atoms with Gasteiger partial charge in [0.05, 0.1) is 6.26 Å². The van der Waals surface area contributed by atoms with Crippen molar-refractivity contribution < 1.29 is 14.3 Å². The molecule has 0 radical (unpaired) electrons. The first-order valence-electron chi connectivity index (χ1n) is 5.75. The highest BCUT2D eigenvalue weighted by atomic mass is 16.4. The molecule has 1 atom stereocenters. The van der Waals surface area contributed by atoms with Crippen molar-refractivity contribution in [3.8, 4) is 5.75 Å². The van der Waals surface area contributed by atoms with Gasteiger partial charge in [-0.15, -0.1) is 0 Å². The van der Waals surface area contributed by atoms with Crippen LogP contribution in [0.5, 0.6) is 5.75 Å². The number of carbonyl (C=O) groups is 1. The molecule has 100 valence electrons. The maximum atomic E-state index is 11.7. The van der Waals surface area contributed by atoms with E-state index in [1.54, 1.807) is 0 Å². The van der Waals surface area contributed by atoms with Gasteiger partial charge in [-0.2, -0.15) is 0 Å². The molecule has 0 saturated heterocycles. The second-order valence-corrected chi connectivity index (χ2v) is 4.55. The standard InChI is InChI=1S/C12H18N2O4/c1-3-5-12(2,13)7-14-11(17)10-9(16)8(15)4-6-18-10/h4,6,16H,3,5,7,13H2,1-2H3,(H,14,17). The van der Waals surface area contributed by atoms with Gasteiger partial charge in [-0.25, -0.2) is 0 Å². The average molecular weight is 254 g/mol. The van der Waals surface area contributed by atoms with Gasteiger partial charge in [-0.05, 0) is 13.3 Å². The van der Waals surface area contributed by atoms with Crippen LogP contribution in [0.25, 0.3) is 0 Å². The number of nitrogens with one attached hydrogen (secondary N) is 1. The first-order chi connectivity index (χ1) is 8.37. The summed E-state index contributed by atoms with van der Waals surface area (Å²) in [6, 6.07) is 1.04. The summed E-state index contributed by atoms with van der Waals surface area (Å²) in [4.78, 5) is 22.8. The van der Waals surface area contributed by atoms with Gasteiger partial charge < -0.3 is 20.6 Å². The van der Waals surface area contributed by atoms with Crippen LogP contribution in [-0.4, -0.2) is 23.1 Å². The summed E-state index contributed by atoms with van der Waals surface area (Å²) in [5, 5.41) is 11.9. The molecule has 6 nitrogen and oxygen atoms in total. The fourth-order valence-electron chi connectivity index (χ4n) is 1.59. The minimum absolute atomic E-state index is 0.234. The third-order valence-electron chi connectivity index (χ3n) is 2.53. The molecule has 1 aromatic heterocycles. The smallest absolute Gasteiger partial charge is 0.291 e. The average Bonchev–Trinajstić information content (AvgIpc) is 2.30. The highest BCUT2D eigenvalue weighted by Gasteiger charge is 2.21. The molecule has 0 spiro atoms. The first-order valence-corrected chi connectivity index (χ1v) is 5.75. The van der Waals surface area contributed by atoms with Crippen LogP contribution in [0.2, 0.25) is 0 Å². The molecule has 1 unspecified atom stereocenters. The Kier molecular flexibility index (Phi) is 4.49. The lowest BCUT2D eigenvalue weighted by atomic mass is 9.98. The van der Waals surface area contributed by atoms with E-state index in [2.05, 4.69) is 5.32 Å². The second-order valence-electron chi connectivity index (χ2n) is 4.55. The summed E-state index contributed by atoms with van der Waals surface area (Å²) < 4.78 is 4.82. The summed E-state index contributed by atoms with van der Waals surface area (Å²) in [5.74, 6) is -1.74. The van der Waals surface area contributed by atoms with Crippen molar-refractivity contribution in [2.24, 2.45) is 5.73 Å². The lowest BCUT2D eigenvalue weighted by molar-refractivity contribution is 0.0908. The van der Waals surface area contributed by atoms with Crippen molar-refractivity contribution in [1.82, 2.24) is 5.32 Å². The second kappa shape index (κ2) is 5.68. The molecular formula is C12H18N2O4. The van der Waals surface area contributed by atoms with Gasteiger partial charge in [-0.1, -0.05) is 13.3 Å². The number of hydrogen-bond donors (Lipinski definition) is 3. The maximum Gasteiger partial charge on any atom is 0.291 e. The highest BCUT2D eigenvalue weighted by molar-refractivity contribution is 5.93. The Hall–Kier alpha value is -1.82. The first kappa shape index (κ1) is 14.2. The van der Waals surface area contributed by atoms with Crippen LogP contribution in [0.15, 0.2) is 21.5 Å². The van der Waals surface area contributed by atoms with E-state index in [1.807, 2.05) is 13.8 Å². The predicted molar refractivity (Wildman–Crippen MR) is 66.5 cm³/mol. The SMILES string of the molecule is CCCC(C)(N)CNC(=O)c1occc(=O)c1O. The summed E-state index contributed by atoms with van der Waals surface area (Å²) in [6.07, 6.45) is 2.71. The van der Waals surface area contributed by atoms with E-state index in [-0.39, 0.29) is 6.54 Å². The van der Waals surface area contributed by atoms with Crippen molar-refractivity contribution in [2.45, 2.75) is 32.2 Å². The molecular weight excluding hydrogens is 236 g/mol. The number of aromatic hydroxyl groups is 1. The zero-order valence-corrected chi connectivity index (χ0v) is 10.5. The number of carbonyl (C=O) groups excluding carboxylic acids is 1. The van der Waals surface area contributed by atoms with Crippen LogP contribution >= 0.6 is 0 Å². The Morgan fingerprint density at radius 2 is 2.28 bits per heavy atom. The lowest BCUT2D eigenvalue weighted by Crippen LogP contribution is -2.47. The third-order valence-corrected chi connectivity index (χ3v) is 2.53. The molecule has 1 amide bonds. The van der Waals surface area contributed by atoms with E-state index in [9.17, 15) is 14.7 Å². The van der Waals surface area contributed by atoms with Crippen LogP contribution in [0.3, 0.4) is 0 Å². The Balaban J connectivity index is 2.72. The Bertz CT molecular complexity index is 479. The van der Waals surface area contributed by atoms with E-state index >= 15 is 0 Å². The number of rotatable bonds is 5. The van der Waals surface area contributed by atoms with Gasteiger partial charge in [-0.3, -0.25) is 9.59 Å². The molecule has 0 bridgehead atoms. The van der Waals surface area contributed by atoms with Crippen molar-refractivity contribution in [3.63, 3.8) is 0 Å². The molecule has 4 N–H and O–H groups in total. The van der Waals surface area contributed by atoms with Crippen molar-refractivity contribution in [1.29, 1.82) is 0 Å². The quantitative estimate of drug-likeness (QED) is 0.713. The van der Waals surface area contributed by atoms with Crippen LogP contribution in [0, 0.1) is 0 Å². The molecule has 0 aliphatic carbocycles. The minimum atomic E-state index is -0.691. The zero-order valence-electron chi connectivity index (χ0n) is 10.5. The van der Waals surface area contributed by atoms with Crippen molar-refractivity contribution in [3.05, 3.63) is 28.3 Å². The molecule has 18 heavy (non-hydrogen) atoms. The summed E-state index contributed by atoms with van der Waals surface area (Å²) in [6.45, 7) is 4.05. The van der Waals surface area contributed by atoms with E-state index in [1.165, 1.54) is 0 Å². The topological polar surface area (TPSA) is 106 Å². The van der Waals surface area contributed by atoms with E-state index in [0.29, 0.717) is 0 Å². The molecule has 0 aromatic carbocycles. The molecule has 0 fully saturated rings. The van der Waals surface area contributed by atoms with Crippen molar-refractivity contribution in [2.75, 3.05) is 6.54 Å². The largest absolute Gasteiger partial charge is 0.501 e. The third kappa shape index (κ3) is 3.59. The van der Waals surface area contributed by atoms with Gasteiger partial charge in [0, 0.05) is 18.2 Å². The molecule has 0 aliphatic heterocycles. The normalized spacial score (nSPS) is 13.9. The molecule has 0 aliphatic rings. The highest BCUT2D eigenvalue weighted by Crippen LogP contribution is 2.11. The summed E-state index contributed by atoms with van der Waals surface area (Å²) >= 11 is 0. The fourth-order valence-corrected chi connectivity index (χ4v) is 1.59. The van der Waals surface area contributed by atoms with Crippen LogP contribution < -0.4 is 16.5 Å². The van der Waals surface area contributed by atoms with Gasteiger partial charge in [0.1, 0.15) is 0 Å². The number of amides is 1. The fraction of sp³-hybridized carbons (Fsp3) is 0.500. The van der Waals surface area contributed by atoms with Crippen molar-refractivity contribution >= 4 is 5.91 Å². The minimum Gasteiger partial charge on any atom is -0.501 e. The van der Waals surface area contributed by atoms with Crippen LogP contribution in [0.1, 0.15) is 37.2 Å². The molecule has 1 rings (SSSR count). The van der Waals surface area contributed by atoms with E-state index in [0.717, 1.165) is 25.2 Å². The summed E-state index contributed by atoms with van der Waals surface area (Å²) in [5.41, 5.74) is 4.76. The van der Waals surface area contributed by atoms with Gasteiger partial charge >= 0.3 is 0 Å². The zero-order chi connectivity index (χ0) is 13.8. The monoisotopic (exact) mass is 254 g/mol. The Morgan fingerprint density at radius 1 is 1.61 bits per heavy atom. The summed E-state index contributed by atoms with van der Waals surface area (Å²) in [7, 11) is 0. The number of hydrogen-bond acceptors (Lipinski definition) is 5. The van der Waals surface area contributed by atoms with Gasteiger partial charge in [0.25, 0.3) is 5.91 Å². The van der Waals surface area contributed by atoms with Crippen LogP contribution in [-0.2, 0) is 0 Å². The van der Waals surface area contributed by atoms with E-state index in [4.69, 9.17) is 10.2 Å².